The molecule has 3 heterocycles. The molecule has 0 aromatic carbocycles. The van der Waals surface area contributed by atoms with Crippen LogP contribution in [0.4, 0.5) is 5.69 Å². The normalized spacial score (nSPS) is 11.1. The van der Waals surface area contributed by atoms with Gasteiger partial charge >= 0.3 is 0 Å². The summed E-state index contributed by atoms with van der Waals surface area (Å²) >= 11 is 1.35. The number of aromatic nitrogens is 4. The van der Waals surface area contributed by atoms with Crippen molar-refractivity contribution >= 4 is 28.9 Å². The quantitative estimate of drug-likeness (QED) is 0.683. The molecule has 0 bridgehead atoms. The first-order chi connectivity index (χ1) is 9.60. The highest BCUT2D eigenvalue weighted by molar-refractivity contribution is 7.98. The smallest absolute Gasteiger partial charge is 0.276 e. The third-order valence-electron chi connectivity index (χ3n) is 2.77. The Morgan fingerprint density at radius 1 is 1.45 bits per heavy atom. The van der Waals surface area contributed by atoms with Crippen LogP contribution in [0.15, 0.2) is 28.1 Å². The predicted molar refractivity (Wildman–Crippen MR) is 73.2 cm³/mol. The molecule has 8 nitrogen and oxygen atoms in total. The molecule has 0 atom stereocenters. The molecule has 0 aliphatic carbocycles. The highest BCUT2D eigenvalue weighted by Crippen LogP contribution is 2.27. The molecule has 0 aliphatic heterocycles. The van der Waals surface area contributed by atoms with Crippen molar-refractivity contribution in [2.45, 2.75) is 5.22 Å². The minimum atomic E-state index is -0.622. The summed E-state index contributed by atoms with van der Waals surface area (Å²) in [7, 11) is 0. The summed E-state index contributed by atoms with van der Waals surface area (Å²) in [6.45, 7) is 0. The van der Waals surface area contributed by atoms with Crippen molar-refractivity contribution in [1.29, 1.82) is 0 Å². The maximum Gasteiger partial charge on any atom is 0.276 e. The van der Waals surface area contributed by atoms with Crippen molar-refractivity contribution in [3.63, 3.8) is 0 Å². The van der Waals surface area contributed by atoms with E-state index in [0.29, 0.717) is 22.2 Å². The van der Waals surface area contributed by atoms with E-state index in [9.17, 15) is 4.79 Å². The van der Waals surface area contributed by atoms with Gasteiger partial charge < -0.3 is 15.9 Å². The van der Waals surface area contributed by atoms with Gasteiger partial charge in [-0.1, -0.05) is 11.8 Å². The van der Waals surface area contributed by atoms with E-state index in [1.165, 1.54) is 22.5 Å². The molecular weight excluding hydrogens is 280 g/mol. The SMILES string of the molecule is CSc1nnc(-c2cc3c(N)c(C(N)=O)cnn3c2)o1. The number of primary amides is 1. The lowest BCUT2D eigenvalue weighted by molar-refractivity contribution is 0.100. The first kappa shape index (κ1) is 12.5. The zero-order valence-electron chi connectivity index (χ0n) is 10.4. The van der Waals surface area contributed by atoms with Gasteiger partial charge in [0, 0.05) is 6.20 Å². The van der Waals surface area contributed by atoms with Gasteiger partial charge in [-0.15, -0.1) is 10.2 Å². The second-order valence-electron chi connectivity index (χ2n) is 3.97. The number of nitrogens with zero attached hydrogens (tertiary/aromatic N) is 4. The number of hydrogen-bond acceptors (Lipinski definition) is 7. The summed E-state index contributed by atoms with van der Waals surface area (Å²) in [5.41, 5.74) is 12.8. The highest BCUT2D eigenvalue weighted by atomic mass is 32.2. The molecule has 0 spiro atoms. The third kappa shape index (κ3) is 1.88. The largest absolute Gasteiger partial charge is 0.411 e. The molecule has 20 heavy (non-hydrogen) atoms. The molecule has 0 saturated heterocycles. The van der Waals surface area contributed by atoms with Gasteiger partial charge in [-0.25, -0.2) is 4.52 Å². The fourth-order valence-corrected chi connectivity index (χ4v) is 2.08. The van der Waals surface area contributed by atoms with Crippen molar-refractivity contribution in [3.05, 3.63) is 24.0 Å². The minimum Gasteiger partial charge on any atom is -0.411 e. The standard InChI is InChI=1S/C11H10N6O2S/c1-20-11-16-15-10(19-11)5-2-7-8(12)6(9(13)18)3-14-17(7)4-5/h2-4H,12H2,1H3,(H2,13,18). The van der Waals surface area contributed by atoms with Gasteiger partial charge in [-0.3, -0.25) is 4.79 Å². The van der Waals surface area contributed by atoms with E-state index in [1.54, 1.807) is 12.3 Å². The molecule has 3 aromatic rings. The molecule has 4 N–H and O–H groups in total. The van der Waals surface area contributed by atoms with E-state index < -0.39 is 5.91 Å². The zero-order valence-corrected chi connectivity index (χ0v) is 11.2. The Kier molecular flexibility index (Phi) is 2.83. The summed E-state index contributed by atoms with van der Waals surface area (Å²) in [4.78, 5) is 11.2. The zero-order chi connectivity index (χ0) is 14.3. The Hall–Kier alpha value is -2.55. The Balaban J connectivity index is 2.15. The molecule has 0 aliphatic rings. The summed E-state index contributed by atoms with van der Waals surface area (Å²) < 4.78 is 6.96. The molecular formula is C11H10N6O2S. The van der Waals surface area contributed by atoms with E-state index in [2.05, 4.69) is 15.3 Å². The predicted octanol–water partition coefficient (Wildman–Crippen LogP) is 0.787. The van der Waals surface area contributed by atoms with Crippen LogP contribution in [-0.4, -0.2) is 32.0 Å². The average molecular weight is 290 g/mol. The van der Waals surface area contributed by atoms with Gasteiger partial charge in [0.1, 0.15) is 0 Å². The number of nitrogens with two attached hydrogens (primary N) is 2. The fraction of sp³-hybridized carbons (Fsp3) is 0.0909. The van der Waals surface area contributed by atoms with Crippen LogP contribution in [0.2, 0.25) is 0 Å². The number of fused-ring (bicyclic) bond motifs is 1. The molecule has 0 radical (unpaired) electrons. The molecule has 0 unspecified atom stereocenters. The summed E-state index contributed by atoms with van der Waals surface area (Å²) in [5, 5.41) is 12.3. The van der Waals surface area contributed by atoms with Crippen molar-refractivity contribution in [2.24, 2.45) is 5.73 Å². The maximum atomic E-state index is 11.2. The van der Waals surface area contributed by atoms with Crippen LogP contribution in [0.1, 0.15) is 10.4 Å². The first-order valence-electron chi connectivity index (χ1n) is 5.54. The van der Waals surface area contributed by atoms with Crippen LogP contribution < -0.4 is 11.5 Å². The Bertz CT molecular complexity index is 808. The van der Waals surface area contributed by atoms with Crippen LogP contribution in [0.25, 0.3) is 17.0 Å². The topological polar surface area (TPSA) is 125 Å². The van der Waals surface area contributed by atoms with Crippen LogP contribution in [0.3, 0.4) is 0 Å². The lowest BCUT2D eigenvalue weighted by Gasteiger charge is -2.02. The van der Waals surface area contributed by atoms with Crippen molar-refractivity contribution < 1.29 is 9.21 Å². The number of hydrogen-bond donors (Lipinski definition) is 2. The Morgan fingerprint density at radius 2 is 2.25 bits per heavy atom. The summed E-state index contributed by atoms with van der Waals surface area (Å²) in [6.07, 6.45) is 4.86. The van der Waals surface area contributed by atoms with Crippen molar-refractivity contribution in [2.75, 3.05) is 12.0 Å². The number of thioether (sulfide) groups is 1. The highest BCUT2D eigenvalue weighted by Gasteiger charge is 2.15. The van der Waals surface area contributed by atoms with E-state index in [1.807, 2.05) is 6.26 Å². The van der Waals surface area contributed by atoms with Crippen molar-refractivity contribution in [1.82, 2.24) is 19.8 Å². The van der Waals surface area contributed by atoms with E-state index in [0.717, 1.165) is 0 Å². The van der Waals surface area contributed by atoms with Gasteiger partial charge in [-0.2, -0.15) is 5.10 Å². The van der Waals surface area contributed by atoms with Crippen LogP contribution in [-0.2, 0) is 0 Å². The van der Waals surface area contributed by atoms with Gasteiger partial charge in [0.15, 0.2) is 0 Å². The van der Waals surface area contributed by atoms with Crippen LogP contribution >= 0.6 is 11.8 Å². The molecule has 0 fully saturated rings. The number of amides is 1. The van der Waals surface area contributed by atoms with E-state index >= 15 is 0 Å². The Labute approximate surface area is 117 Å². The fourth-order valence-electron chi connectivity index (χ4n) is 1.80. The number of carbonyl (C=O) groups excluding carboxylic acids is 1. The number of nitrogen functional groups attached to an aromatic ring is 1. The third-order valence-corrected chi connectivity index (χ3v) is 3.29. The Morgan fingerprint density at radius 3 is 2.90 bits per heavy atom. The summed E-state index contributed by atoms with van der Waals surface area (Å²) in [6, 6.07) is 1.71. The molecule has 9 heteroatoms. The number of carbonyl (C=O) groups is 1. The minimum absolute atomic E-state index is 0.178. The van der Waals surface area contributed by atoms with Crippen LogP contribution in [0.5, 0.6) is 0 Å². The van der Waals surface area contributed by atoms with Gasteiger partial charge in [-0.05, 0) is 12.3 Å². The lowest BCUT2D eigenvalue weighted by Crippen LogP contribution is -2.15. The molecule has 0 saturated carbocycles. The summed E-state index contributed by atoms with van der Waals surface area (Å²) in [5.74, 6) is -0.261. The molecule has 1 amide bonds. The molecule has 3 aromatic heterocycles. The van der Waals surface area contributed by atoms with Gasteiger partial charge in [0.25, 0.3) is 11.1 Å². The first-order valence-corrected chi connectivity index (χ1v) is 6.77. The van der Waals surface area contributed by atoms with Gasteiger partial charge in [0.2, 0.25) is 5.89 Å². The van der Waals surface area contributed by atoms with Crippen molar-refractivity contribution in [3.8, 4) is 11.5 Å². The number of anilines is 1. The molecule has 3 rings (SSSR count). The monoisotopic (exact) mass is 290 g/mol. The molecule has 102 valence electrons. The number of rotatable bonds is 3. The second-order valence-corrected chi connectivity index (χ2v) is 4.73. The lowest BCUT2D eigenvalue weighted by atomic mass is 10.2. The van der Waals surface area contributed by atoms with Gasteiger partial charge in [0.05, 0.1) is 28.5 Å². The average Bonchev–Trinajstić information content (AvgIpc) is 3.04. The van der Waals surface area contributed by atoms with Crippen LogP contribution in [0, 0.1) is 0 Å². The van der Waals surface area contributed by atoms with E-state index in [4.69, 9.17) is 15.9 Å². The second kappa shape index (κ2) is 4.53. The maximum absolute atomic E-state index is 11.2. The van der Waals surface area contributed by atoms with E-state index in [-0.39, 0.29) is 11.3 Å².